The molecule has 206 valence electrons. The average molecular weight is 540 g/mol. The molecule has 2 unspecified atom stereocenters. The molecule has 38 heavy (non-hydrogen) atoms. The first-order valence-electron chi connectivity index (χ1n) is 13.8. The standard InChI is InChI=1S/C30H41N3O4S/c1-5-6-17-33-28(34)27(20-22(2)3)31-29(35)30(33)15-18-32(19-16-30)21-23-7-9-24(10-8-23)37-25-11-13-26(14-12-25)38(4)36/h7-14,22,27H,5-6,15-21H2,1-4H3,(H,31,35). The molecule has 0 saturated carbocycles. The number of likely N-dealkylation sites (tertiary alicyclic amines) is 1. The summed E-state index contributed by atoms with van der Waals surface area (Å²) in [6.45, 7) is 9.27. The zero-order valence-corrected chi connectivity index (χ0v) is 23.9. The van der Waals surface area contributed by atoms with Crippen LogP contribution in [0, 0.1) is 5.92 Å². The summed E-state index contributed by atoms with van der Waals surface area (Å²) in [5.74, 6) is 1.92. The van der Waals surface area contributed by atoms with Crippen LogP contribution in [0.5, 0.6) is 11.5 Å². The van der Waals surface area contributed by atoms with Gasteiger partial charge in [-0.2, -0.15) is 0 Å². The Hall–Kier alpha value is -2.71. The lowest BCUT2D eigenvalue weighted by molar-refractivity contribution is -0.161. The Balaban J connectivity index is 1.36. The van der Waals surface area contributed by atoms with Crippen molar-refractivity contribution in [2.75, 3.05) is 25.9 Å². The Kier molecular flexibility index (Phi) is 9.26. The molecule has 0 aliphatic carbocycles. The van der Waals surface area contributed by atoms with Crippen molar-refractivity contribution in [1.82, 2.24) is 15.1 Å². The van der Waals surface area contributed by atoms with Crippen molar-refractivity contribution < 1.29 is 18.5 Å². The van der Waals surface area contributed by atoms with E-state index in [2.05, 4.69) is 43.1 Å². The highest BCUT2D eigenvalue weighted by atomic mass is 32.2. The molecule has 8 heteroatoms. The van der Waals surface area contributed by atoms with E-state index >= 15 is 0 Å². The minimum absolute atomic E-state index is 0.0261. The highest BCUT2D eigenvalue weighted by Gasteiger charge is 2.53. The molecular weight excluding hydrogens is 498 g/mol. The van der Waals surface area contributed by atoms with E-state index in [9.17, 15) is 13.8 Å². The molecule has 1 N–H and O–H groups in total. The number of hydrogen-bond donors (Lipinski definition) is 1. The van der Waals surface area contributed by atoms with Gasteiger partial charge in [0.1, 0.15) is 23.1 Å². The molecule has 7 nitrogen and oxygen atoms in total. The van der Waals surface area contributed by atoms with Crippen LogP contribution in [0.25, 0.3) is 0 Å². The second-order valence-corrected chi connectivity index (χ2v) is 12.4. The SMILES string of the molecule is CCCCN1C(=O)C(CC(C)C)NC(=O)C12CCN(Cc1ccc(Oc3ccc(S(C)=O)cc3)cc1)CC2. The van der Waals surface area contributed by atoms with Crippen molar-refractivity contribution in [3.8, 4) is 11.5 Å². The van der Waals surface area contributed by atoms with Gasteiger partial charge in [0, 0.05) is 48.1 Å². The Labute approximate surface area is 229 Å². The summed E-state index contributed by atoms with van der Waals surface area (Å²) in [5, 5.41) is 3.09. The summed E-state index contributed by atoms with van der Waals surface area (Å²) in [6, 6.07) is 14.9. The zero-order chi connectivity index (χ0) is 27.3. The molecule has 4 rings (SSSR count). The van der Waals surface area contributed by atoms with Gasteiger partial charge in [-0.3, -0.25) is 18.7 Å². The molecule has 0 radical (unpaired) electrons. The van der Waals surface area contributed by atoms with Gasteiger partial charge in [-0.1, -0.05) is 39.3 Å². The van der Waals surface area contributed by atoms with Crippen LogP contribution in [0.2, 0.25) is 0 Å². The Morgan fingerprint density at radius 3 is 2.18 bits per heavy atom. The number of piperidine rings is 1. The van der Waals surface area contributed by atoms with Crippen molar-refractivity contribution in [3.63, 3.8) is 0 Å². The molecule has 2 aliphatic heterocycles. The molecule has 2 atom stereocenters. The Morgan fingerprint density at radius 1 is 1.03 bits per heavy atom. The van der Waals surface area contributed by atoms with E-state index in [1.165, 1.54) is 5.56 Å². The highest BCUT2D eigenvalue weighted by molar-refractivity contribution is 7.84. The van der Waals surface area contributed by atoms with Crippen LogP contribution in [0.15, 0.2) is 53.4 Å². The number of rotatable bonds is 10. The van der Waals surface area contributed by atoms with Crippen molar-refractivity contribution in [2.24, 2.45) is 5.92 Å². The van der Waals surface area contributed by atoms with Crippen LogP contribution in [0.3, 0.4) is 0 Å². The number of nitrogens with one attached hydrogen (secondary N) is 1. The van der Waals surface area contributed by atoms with Crippen LogP contribution in [0.1, 0.15) is 58.4 Å². The lowest BCUT2D eigenvalue weighted by atomic mass is 9.80. The van der Waals surface area contributed by atoms with E-state index in [0.717, 1.165) is 43.1 Å². The number of ether oxygens (including phenoxy) is 1. The number of nitrogens with zero attached hydrogens (tertiary/aromatic N) is 2. The molecule has 0 aromatic heterocycles. The third-order valence-corrected chi connectivity index (χ3v) is 8.59. The number of carbonyl (C=O) groups excluding carboxylic acids is 2. The van der Waals surface area contributed by atoms with Gasteiger partial charge in [0.05, 0.1) is 0 Å². The minimum atomic E-state index is -1.01. The van der Waals surface area contributed by atoms with E-state index in [-0.39, 0.29) is 11.8 Å². The third-order valence-electron chi connectivity index (χ3n) is 7.66. The maximum Gasteiger partial charge on any atom is 0.246 e. The van der Waals surface area contributed by atoms with Crippen LogP contribution in [-0.4, -0.2) is 63.3 Å². The fraction of sp³-hybridized carbons (Fsp3) is 0.533. The Morgan fingerprint density at radius 2 is 1.63 bits per heavy atom. The molecular formula is C30H41N3O4S. The molecule has 2 aliphatic rings. The molecule has 2 aromatic carbocycles. The first kappa shape index (κ1) is 28.3. The molecule has 2 amide bonds. The summed E-state index contributed by atoms with van der Waals surface area (Å²) in [4.78, 5) is 31.9. The molecule has 2 heterocycles. The number of benzene rings is 2. The summed E-state index contributed by atoms with van der Waals surface area (Å²) in [7, 11) is -1.01. The number of amides is 2. The number of hydrogen-bond acceptors (Lipinski definition) is 5. The van der Waals surface area contributed by atoms with E-state index in [1.807, 2.05) is 41.3 Å². The van der Waals surface area contributed by atoms with E-state index in [1.54, 1.807) is 6.26 Å². The van der Waals surface area contributed by atoms with Gasteiger partial charge in [-0.05, 0) is 73.6 Å². The van der Waals surface area contributed by atoms with Crippen molar-refractivity contribution >= 4 is 22.6 Å². The van der Waals surface area contributed by atoms with Crippen molar-refractivity contribution in [3.05, 3.63) is 54.1 Å². The van der Waals surface area contributed by atoms with Crippen molar-refractivity contribution in [2.45, 2.75) is 75.9 Å². The van der Waals surface area contributed by atoms with Gasteiger partial charge in [0.25, 0.3) is 0 Å². The van der Waals surface area contributed by atoms with Crippen LogP contribution in [-0.2, 0) is 26.9 Å². The fourth-order valence-electron chi connectivity index (χ4n) is 5.48. The molecule has 2 saturated heterocycles. The highest BCUT2D eigenvalue weighted by Crippen LogP contribution is 2.35. The summed E-state index contributed by atoms with van der Waals surface area (Å²) < 4.78 is 17.5. The first-order valence-corrected chi connectivity index (χ1v) is 15.3. The quantitative estimate of drug-likeness (QED) is 0.473. The minimum Gasteiger partial charge on any atom is -0.457 e. The van der Waals surface area contributed by atoms with Gasteiger partial charge in [-0.15, -0.1) is 0 Å². The predicted molar refractivity (Wildman–Crippen MR) is 151 cm³/mol. The number of unbranched alkanes of at least 4 members (excludes halogenated alkanes) is 1. The Bertz CT molecular complexity index is 1130. The predicted octanol–water partition coefficient (Wildman–Crippen LogP) is 4.72. The fourth-order valence-corrected chi connectivity index (χ4v) is 6.00. The van der Waals surface area contributed by atoms with Crippen molar-refractivity contribution in [1.29, 1.82) is 0 Å². The second kappa shape index (κ2) is 12.4. The van der Waals surface area contributed by atoms with Gasteiger partial charge < -0.3 is 15.0 Å². The smallest absolute Gasteiger partial charge is 0.246 e. The van der Waals surface area contributed by atoms with Gasteiger partial charge in [-0.25, -0.2) is 0 Å². The third kappa shape index (κ3) is 6.46. The van der Waals surface area contributed by atoms with E-state index in [4.69, 9.17) is 4.74 Å². The monoisotopic (exact) mass is 539 g/mol. The largest absolute Gasteiger partial charge is 0.457 e. The summed E-state index contributed by atoms with van der Waals surface area (Å²) in [5.41, 5.74) is 0.447. The number of piperazine rings is 1. The lowest BCUT2D eigenvalue weighted by Crippen LogP contribution is -2.73. The maximum absolute atomic E-state index is 13.4. The van der Waals surface area contributed by atoms with E-state index in [0.29, 0.717) is 37.5 Å². The topological polar surface area (TPSA) is 79.0 Å². The molecule has 1 spiro atoms. The lowest BCUT2D eigenvalue weighted by Gasteiger charge is -2.52. The van der Waals surface area contributed by atoms with Gasteiger partial charge in [0.15, 0.2) is 0 Å². The van der Waals surface area contributed by atoms with Gasteiger partial charge in [0.2, 0.25) is 11.8 Å². The van der Waals surface area contributed by atoms with Crippen LogP contribution in [0.4, 0.5) is 0 Å². The molecule has 2 fully saturated rings. The normalized spacial score (nSPS) is 20.6. The second-order valence-electron chi connectivity index (χ2n) is 11.0. The molecule has 0 bridgehead atoms. The first-order chi connectivity index (χ1) is 18.2. The van der Waals surface area contributed by atoms with Crippen LogP contribution < -0.4 is 10.1 Å². The van der Waals surface area contributed by atoms with E-state index < -0.39 is 22.4 Å². The summed E-state index contributed by atoms with van der Waals surface area (Å²) >= 11 is 0. The van der Waals surface area contributed by atoms with Crippen LogP contribution >= 0.6 is 0 Å². The molecule has 2 aromatic rings. The maximum atomic E-state index is 13.4. The summed E-state index contributed by atoms with van der Waals surface area (Å²) in [6.07, 6.45) is 5.56. The van der Waals surface area contributed by atoms with Gasteiger partial charge >= 0.3 is 0 Å². The zero-order valence-electron chi connectivity index (χ0n) is 23.1. The average Bonchev–Trinajstić information content (AvgIpc) is 2.89. The number of carbonyl (C=O) groups is 2.